The molecule has 19 heavy (non-hydrogen) atoms. The van der Waals surface area contributed by atoms with Crippen molar-refractivity contribution in [1.82, 2.24) is 5.32 Å². The summed E-state index contributed by atoms with van der Waals surface area (Å²) in [5.74, 6) is -2.76. The first-order valence-electron chi connectivity index (χ1n) is 5.41. The first-order valence-corrected chi connectivity index (χ1v) is 5.79. The molecule has 0 amide bonds. The highest BCUT2D eigenvalue weighted by Gasteiger charge is 2.38. The molecule has 0 radical (unpaired) electrons. The fraction of sp³-hybridized carbons (Fsp3) is 0.417. The van der Waals surface area contributed by atoms with Crippen molar-refractivity contribution in [2.75, 3.05) is 0 Å². The van der Waals surface area contributed by atoms with Crippen LogP contribution in [0.15, 0.2) is 24.3 Å². The van der Waals surface area contributed by atoms with Crippen molar-refractivity contribution in [3.63, 3.8) is 0 Å². The van der Waals surface area contributed by atoms with Crippen LogP contribution in [-0.4, -0.2) is 23.3 Å². The summed E-state index contributed by atoms with van der Waals surface area (Å²) in [6.45, 7) is 5.09. The number of halogens is 4. The van der Waals surface area contributed by atoms with Crippen molar-refractivity contribution < 1.29 is 23.1 Å². The smallest absolute Gasteiger partial charge is 0.475 e. The Labute approximate surface area is 114 Å². The minimum Gasteiger partial charge on any atom is -0.475 e. The molecule has 3 nitrogen and oxygen atoms in total. The summed E-state index contributed by atoms with van der Waals surface area (Å²) in [7, 11) is 0. The van der Waals surface area contributed by atoms with Crippen molar-refractivity contribution in [2.45, 2.75) is 32.6 Å². The van der Waals surface area contributed by atoms with E-state index in [-0.39, 0.29) is 0 Å². The lowest BCUT2D eigenvalue weighted by molar-refractivity contribution is -0.192. The van der Waals surface area contributed by atoms with Gasteiger partial charge in [-0.1, -0.05) is 43.6 Å². The van der Waals surface area contributed by atoms with Gasteiger partial charge in [-0.05, 0) is 11.6 Å². The molecule has 2 N–H and O–H groups in total. The fourth-order valence-corrected chi connectivity index (χ4v) is 1.16. The molecule has 0 saturated heterocycles. The molecule has 0 bridgehead atoms. The van der Waals surface area contributed by atoms with Crippen molar-refractivity contribution in [3.05, 3.63) is 34.9 Å². The van der Waals surface area contributed by atoms with Gasteiger partial charge in [-0.3, -0.25) is 0 Å². The lowest BCUT2D eigenvalue weighted by Crippen LogP contribution is -2.21. The number of carbonyl (C=O) groups is 1. The first kappa shape index (κ1) is 17.7. The zero-order valence-electron chi connectivity index (χ0n) is 10.5. The number of aliphatic carboxylic acids is 1. The molecular weight excluding hydrogens is 283 g/mol. The van der Waals surface area contributed by atoms with Gasteiger partial charge >= 0.3 is 12.1 Å². The van der Waals surface area contributed by atoms with E-state index in [9.17, 15) is 13.2 Å². The lowest BCUT2D eigenvalue weighted by atomic mass is 10.2. The lowest BCUT2D eigenvalue weighted by Gasteiger charge is -2.08. The molecular formula is C12H15ClF3NO2. The maximum Gasteiger partial charge on any atom is 0.490 e. The molecule has 0 heterocycles. The van der Waals surface area contributed by atoms with Gasteiger partial charge in [0.25, 0.3) is 0 Å². The Morgan fingerprint density at radius 3 is 2.21 bits per heavy atom. The molecule has 1 aromatic rings. The van der Waals surface area contributed by atoms with E-state index in [4.69, 9.17) is 21.5 Å². The Kier molecular flexibility index (Phi) is 7.48. The molecule has 0 aliphatic heterocycles. The predicted octanol–water partition coefficient (Wildman–Crippen LogP) is 3.47. The van der Waals surface area contributed by atoms with Crippen LogP contribution in [0.2, 0.25) is 5.02 Å². The number of carboxylic acids is 1. The minimum absolute atomic E-state index is 0.501. The largest absolute Gasteiger partial charge is 0.490 e. The number of alkyl halides is 3. The molecule has 0 aliphatic rings. The molecule has 1 aromatic carbocycles. The third kappa shape index (κ3) is 8.45. The van der Waals surface area contributed by atoms with E-state index in [2.05, 4.69) is 19.2 Å². The normalized spacial score (nSPS) is 10.9. The number of hydrogen-bond donors (Lipinski definition) is 2. The number of nitrogens with one attached hydrogen (secondary N) is 1. The first-order chi connectivity index (χ1) is 8.64. The summed E-state index contributed by atoms with van der Waals surface area (Å²) in [6.07, 6.45) is -5.08. The molecule has 0 fully saturated rings. The second kappa shape index (κ2) is 8.01. The molecule has 0 saturated carbocycles. The highest BCUT2D eigenvalue weighted by atomic mass is 35.5. The third-order valence-electron chi connectivity index (χ3n) is 1.90. The van der Waals surface area contributed by atoms with Gasteiger partial charge in [-0.25, -0.2) is 4.79 Å². The monoisotopic (exact) mass is 297 g/mol. The van der Waals surface area contributed by atoms with Gasteiger partial charge in [0.2, 0.25) is 0 Å². The molecule has 0 atom stereocenters. The molecule has 1 rings (SSSR count). The fourth-order valence-electron chi connectivity index (χ4n) is 0.956. The van der Waals surface area contributed by atoms with Crippen LogP contribution < -0.4 is 5.32 Å². The molecule has 0 aromatic heterocycles. The summed E-state index contributed by atoms with van der Waals surface area (Å²) < 4.78 is 31.7. The van der Waals surface area contributed by atoms with Gasteiger partial charge in [-0.15, -0.1) is 0 Å². The summed E-state index contributed by atoms with van der Waals surface area (Å²) in [4.78, 5) is 8.90. The number of carboxylic acid groups (broad SMARTS) is 1. The van der Waals surface area contributed by atoms with Gasteiger partial charge in [0.05, 0.1) is 0 Å². The Morgan fingerprint density at radius 1 is 1.37 bits per heavy atom. The molecule has 7 heteroatoms. The van der Waals surface area contributed by atoms with Gasteiger partial charge in [0.15, 0.2) is 0 Å². The quantitative estimate of drug-likeness (QED) is 0.898. The second-order valence-corrected chi connectivity index (χ2v) is 4.34. The average molecular weight is 298 g/mol. The van der Waals surface area contributed by atoms with E-state index < -0.39 is 12.1 Å². The average Bonchev–Trinajstić information content (AvgIpc) is 2.27. The van der Waals surface area contributed by atoms with Crippen LogP contribution in [0.3, 0.4) is 0 Å². The van der Waals surface area contributed by atoms with Gasteiger partial charge in [-0.2, -0.15) is 13.2 Å². The van der Waals surface area contributed by atoms with Crippen LogP contribution in [0.25, 0.3) is 0 Å². The number of benzene rings is 1. The Hall–Kier alpha value is -1.27. The zero-order valence-corrected chi connectivity index (χ0v) is 11.2. The van der Waals surface area contributed by atoms with Crippen LogP contribution in [0.5, 0.6) is 0 Å². The van der Waals surface area contributed by atoms with Crippen LogP contribution in [-0.2, 0) is 11.3 Å². The standard InChI is InChI=1S/C10H14ClN.C2HF3O2/c1-8(2)12-7-9-5-3-4-6-10(9)11;3-2(4,5)1(6)7/h3-6,8,12H,7H2,1-2H3;(H,6,7). The van der Waals surface area contributed by atoms with E-state index >= 15 is 0 Å². The van der Waals surface area contributed by atoms with Crippen LogP contribution in [0.1, 0.15) is 19.4 Å². The van der Waals surface area contributed by atoms with Gasteiger partial charge < -0.3 is 10.4 Å². The minimum atomic E-state index is -5.08. The number of rotatable bonds is 3. The third-order valence-corrected chi connectivity index (χ3v) is 2.27. The van der Waals surface area contributed by atoms with E-state index in [1.54, 1.807) is 0 Å². The van der Waals surface area contributed by atoms with E-state index in [0.29, 0.717) is 6.04 Å². The van der Waals surface area contributed by atoms with Crippen molar-refractivity contribution in [1.29, 1.82) is 0 Å². The summed E-state index contributed by atoms with van der Waals surface area (Å²) >= 11 is 5.97. The van der Waals surface area contributed by atoms with Gasteiger partial charge in [0.1, 0.15) is 0 Å². The summed E-state index contributed by atoms with van der Waals surface area (Å²) in [5.41, 5.74) is 1.16. The number of hydrogen-bond acceptors (Lipinski definition) is 2. The maximum atomic E-state index is 10.6. The highest BCUT2D eigenvalue weighted by molar-refractivity contribution is 6.31. The van der Waals surface area contributed by atoms with Crippen LogP contribution >= 0.6 is 11.6 Å². The summed E-state index contributed by atoms with van der Waals surface area (Å²) in [5, 5.41) is 11.3. The predicted molar refractivity (Wildman–Crippen MR) is 67.1 cm³/mol. The molecule has 0 aliphatic carbocycles. The van der Waals surface area contributed by atoms with Crippen LogP contribution in [0, 0.1) is 0 Å². The van der Waals surface area contributed by atoms with Crippen molar-refractivity contribution in [2.24, 2.45) is 0 Å². The van der Waals surface area contributed by atoms with Crippen LogP contribution in [0.4, 0.5) is 13.2 Å². The Balaban J connectivity index is 0.000000399. The van der Waals surface area contributed by atoms with Crippen molar-refractivity contribution in [3.8, 4) is 0 Å². The molecule has 0 unspecified atom stereocenters. The van der Waals surface area contributed by atoms with E-state index in [1.165, 1.54) is 0 Å². The molecule has 0 spiro atoms. The highest BCUT2D eigenvalue weighted by Crippen LogP contribution is 2.14. The van der Waals surface area contributed by atoms with Gasteiger partial charge in [0, 0.05) is 17.6 Å². The SMILES string of the molecule is CC(C)NCc1ccccc1Cl.O=C(O)C(F)(F)F. The topological polar surface area (TPSA) is 49.3 Å². The Morgan fingerprint density at radius 2 is 1.84 bits per heavy atom. The summed E-state index contributed by atoms with van der Waals surface area (Å²) in [6, 6.07) is 8.40. The second-order valence-electron chi connectivity index (χ2n) is 3.93. The Bertz CT molecular complexity index is 408. The van der Waals surface area contributed by atoms with Crippen molar-refractivity contribution >= 4 is 17.6 Å². The van der Waals surface area contributed by atoms with E-state index in [1.807, 2.05) is 24.3 Å². The molecule has 108 valence electrons. The van der Waals surface area contributed by atoms with E-state index in [0.717, 1.165) is 17.1 Å². The maximum absolute atomic E-state index is 10.6. The zero-order chi connectivity index (χ0) is 15.1.